The highest BCUT2D eigenvalue weighted by atomic mass is 16.5. The van der Waals surface area contributed by atoms with Crippen molar-refractivity contribution in [2.24, 2.45) is 0 Å². The van der Waals surface area contributed by atoms with Crippen LogP contribution in [0.4, 0.5) is 11.5 Å². The number of para-hydroxylation sites is 1. The Morgan fingerprint density at radius 1 is 1.22 bits per heavy atom. The van der Waals surface area contributed by atoms with Crippen molar-refractivity contribution in [3.05, 3.63) is 48.2 Å². The normalized spacial score (nSPS) is 18.6. The van der Waals surface area contributed by atoms with E-state index in [2.05, 4.69) is 17.2 Å². The van der Waals surface area contributed by atoms with E-state index in [0.717, 1.165) is 24.8 Å². The molecule has 0 bridgehead atoms. The lowest BCUT2D eigenvalue weighted by atomic mass is 10.00. The molecule has 1 aliphatic heterocycles. The third kappa shape index (κ3) is 3.52. The van der Waals surface area contributed by atoms with E-state index in [0.29, 0.717) is 23.8 Å². The molecular formula is C21H25N3O3. The van der Waals surface area contributed by atoms with Crippen LogP contribution >= 0.6 is 0 Å². The zero-order valence-corrected chi connectivity index (χ0v) is 16.0. The third-order valence-corrected chi connectivity index (χ3v) is 4.79. The number of rotatable bonds is 6. The minimum atomic E-state index is -1.65. The highest BCUT2D eigenvalue weighted by Crippen LogP contribution is 2.36. The standard InChI is InChI=1S/C21H25N3O3/c1-4-6-14-24-18-17(12-9-13-22-18)27-21(3,20(24)26)19(25)23-16-11-8-7-10-15(16)5-2/h7-13H,4-6,14H2,1-3H3,(H,23,25). The third-order valence-electron chi connectivity index (χ3n) is 4.79. The predicted octanol–water partition coefficient (Wildman–Crippen LogP) is 3.57. The molecule has 0 radical (unpaired) electrons. The molecule has 1 aromatic carbocycles. The quantitative estimate of drug-likeness (QED) is 0.793. The molecule has 6 nitrogen and oxygen atoms in total. The van der Waals surface area contributed by atoms with Gasteiger partial charge in [0.1, 0.15) is 0 Å². The van der Waals surface area contributed by atoms with Gasteiger partial charge in [-0.3, -0.25) is 14.5 Å². The van der Waals surface area contributed by atoms with Gasteiger partial charge in [0.2, 0.25) is 0 Å². The summed E-state index contributed by atoms with van der Waals surface area (Å²) in [5.41, 5.74) is 0.0484. The first kappa shape index (κ1) is 18.9. The summed E-state index contributed by atoms with van der Waals surface area (Å²) in [6.45, 7) is 6.09. The molecule has 0 aliphatic carbocycles. The van der Waals surface area contributed by atoms with Gasteiger partial charge < -0.3 is 10.1 Å². The van der Waals surface area contributed by atoms with Gasteiger partial charge in [-0.15, -0.1) is 0 Å². The van der Waals surface area contributed by atoms with E-state index in [1.54, 1.807) is 23.2 Å². The first-order chi connectivity index (χ1) is 13.0. The molecule has 27 heavy (non-hydrogen) atoms. The molecule has 2 amide bonds. The summed E-state index contributed by atoms with van der Waals surface area (Å²) in [6.07, 6.45) is 4.14. The maximum Gasteiger partial charge on any atom is 0.282 e. The number of unbranched alkanes of at least 4 members (excludes halogenated alkanes) is 1. The molecule has 1 N–H and O–H groups in total. The number of hydrogen-bond acceptors (Lipinski definition) is 4. The molecular weight excluding hydrogens is 342 g/mol. The van der Waals surface area contributed by atoms with E-state index < -0.39 is 17.4 Å². The van der Waals surface area contributed by atoms with E-state index in [1.165, 1.54) is 6.92 Å². The van der Waals surface area contributed by atoms with E-state index in [1.807, 2.05) is 31.2 Å². The second-order valence-corrected chi connectivity index (χ2v) is 6.74. The molecule has 6 heteroatoms. The van der Waals surface area contributed by atoms with Crippen LogP contribution in [-0.2, 0) is 16.0 Å². The van der Waals surface area contributed by atoms with Crippen LogP contribution in [0.5, 0.6) is 5.75 Å². The van der Waals surface area contributed by atoms with E-state index >= 15 is 0 Å². The second kappa shape index (κ2) is 7.78. The Morgan fingerprint density at radius 2 is 2.00 bits per heavy atom. The van der Waals surface area contributed by atoms with Crippen LogP contribution in [0.15, 0.2) is 42.6 Å². The van der Waals surface area contributed by atoms with Crippen LogP contribution in [0.25, 0.3) is 0 Å². The van der Waals surface area contributed by atoms with Crippen LogP contribution in [0, 0.1) is 0 Å². The average molecular weight is 367 g/mol. The number of amides is 2. The zero-order valence-electron chi connectivity index (χ0n) is 16.0. The summed E-state index contributed by atoms with van der Waals surface area (Å²) in [7, 11) is 0. The fourth-order valence-electron chi connectivity index (χ4n) is 3.14. The van der Waals surface area contributed by atoms with Crippen LogP contribution in [0.2, 0.25) is 0 Å². The molecule has 0 saturated heterocycles. The van der Waals surface area contributed by atoms with Crippen molar-refractivity contribution in [3.63, 3.8) is 0 Å². The van der Waals surface area contributed by atoms with Crippen LogP contribution in [0.3, 0.4) is 0 Å². The van der Waals surface area contributed by atoms with Crippen molar-refractivity contribution in [3.8, 4) is 5.75 Å². The minimum Gasteiger partial charge on any atom is -0.464 e. The summed E-state index contributed by atoms with van der Waals surface area (Å²) in [6, 6.07) is 11.0. The summed E-state index contributed by atoms with van der Waals surface area (Å²) in [4.78, 5) is 32.1. The number of carbonyl (C=O) groups is 2. The summed E-state index contributed by atoms with van der Waals surface area (Å²) < 4.78 is 5.88. The Morgan fingerprint density at radius 3 is 2.74 bits per heavy atom. The maximum atomic E-state index is 13.2. The Balaban J connectivity index is 1.94. The van der Waals surface area contributed by atoms with Gasteiger partial charge in [-0.2, -0.15) is 0 Å². The van der Waals surface area contributed by atoms with Gasteiger partial charge in [-0.25, -0.2) is 4.98 Å². The molecule has 3 rings (SSSR count). The fraction of sp³-hybridized carbons (Fsp3) is 0.381. The van der Waals surface area contributed by atoms with Crippen molar-refractivity contribution in [2.45, 2.75) is 45.6 Å². The van der Waals surface area contributed by atoms with E-state index in [-0.39, 0.29) is 0 Å². The lowest BCUT2D eigenvalue weighted by molar-refractivity contribution is -0.145. The Bertz CT molecular complexity index is 852. The molecule has 2 heterocycles. The van der Waals surface area contributed by atoms with Crippen molar-refractivity contribution in [1.29, 1.82) is 0 Å². The number of ether oxygens (including phenoxy) is 1. The van der Waals surface area contributed by atoms with Crippen LogP contribution in [-0.4, -0.2) is 28.9 Å². The van der Waals surface area contributed by atoms with E-state index in [4.69, 9.17) is 4.74 Å². The van der Waals surface area contributed by atoms with Gasteiger partial charge in [0.05, 0.1) is 0 Å². The molecule has 1 atom stereocenters. The Labute approximate surface area is 159 Å². The largest absolute Gasteiger partial charge is 0.464 e. The first-order valence-electron chi connectivity index (χ1n) is 9.36. The molecule has 1 aromatic heterocycles. The van der Waals surface area contributed by atoms with Crippen LogP contribution in [0.1, 0.15) is 39.2 Å². The topological polar surface area (TPSA) is 71.5 Å². The maximum absolute atomic E-state index is 13.2. The highest BCUT2D eigenvalue weighted by Gasteiger charge is 2.51. The highest BCUT2D eigenvalue weighted by molar-refractivity contribution is 6.19. The number of benzene rings is 1. The SMILES string of the molecule is CCCCN1C(=O)C(C)(C(=O)Nc2ccccc2CC)Oc2cccnc21. The number of aryl methyl sites for hydroxylation is 1. The molecule has 0 fully saturated rings. The number of anilines is 2. The average Bonchev–Trinajstić information content (AvgIpc) is 2.68. The monoisotopic (exact) mass is 367 g/mol. The fourth-order valence-corrected chi connectivity index (χ4v) is 3.14. The summed E-state index contributed by atoms with van der Waals surface area (Å²) in [5.74, 6) is 0.0304. The molecule has 1 aliphatic rings. The molecule has 1 unspecified atom stereocenters. The predicted molar refractivity (Wildman–Crippen MR) is 105 cm³/mol. The summed E-state index contributed by atoms with van der Waals surface area (Å²) in [5, 5.41) is 2.88. The van der Waals surface area contributed by atoms with Crippen LogP contribution < -0.4 is 15.0 Å². The number of fused-ring (bicyclic) bond motifs is 1. The lowest BCUT2D eigenvalue weighted by Crippen LogP contribution is -2.61. The Hall–Kier alpha value is -2.89. The minimum absolute atomic E-state index is 0.395. The number of nitrogens with zero attached hydrogens (tertiary/aromatic N) is 2. The number of aromatic nitrogens is 1. The number of pyridine rings is 1. The lowest BCUT2D eigenvalue weighted by Gasteiger charge is -2.38. The summed E-state index contributed by atoms with van der Waals surface area (Å²) >= 11 is 0. The second-order valence-electron chi connectivity index (χ2n) is 6.74. The first-order valence-corrected chi connectivity index (χ1v) is 9.36. The zero-order chi connectivity index (χ0) is 19.4. The van der Waals surface area contributed by atoms with Gasteiger partial charge in [0, 0.05) is 18.4 Å². The van der Waals surface area contributed by atoms with Gasteiger partial charge in [0.15, 0.2) is 11.6 Å². The van der Waals surface area contributed by atoms with Crippen molar-refractivity contribution in [1.82, 2.24) is 4.98 Å². The molecule has 2 aromatic rings. The van der Waals surface area contributed by atoms with Gasteiger partial charge in [-0.05, 0) is 43.5 Å². The van der Waals surface area contributed by atoms with Gasteiger partial charge in [-0.1, -0.05) is 38.5 Å². The molecule has 0 spiro atoms. The van der Waals surface area contributed by atoms with Crippen molar-refractivity contribution >= 4 is 23.3 Å². The van der Waals surface area contributed by atoms with Crippen molar-refractivity contribution in [2.75, 3.05) is 16.8 Å². The van der Waals surface area contributed by atoms with Gasteiger partial charge >= 0.3 is 0 Å². The number of hydrogen-bond donors (Lipinski definition) is 1. The number of nitrogens with one attached hydrogen (secondary N) is 1. The van der Waals surface area contributed by atoms with Gasteiger partial charge in [0.25, 0.3) is 17.4 Å². The molecule has 0 saturated carbocycles. The molecule has 142 valence electrons. The smallest absolute Gasteiger partial charge is 0.282 e. The van der Waals surface area contributed by atoms with E-state index in [9.17, 15) is 9.59 Å². The number of carbonyl (C=O) groups excluding carboxylic acids is 2. The van der Waals surface area contributed by atoms with Crippen molar-refractivity contribution < 1.29 is 14.3 Å². The Kier molecular flexibility index (Phi) is 5.44.